The minimum absolute atomic E-state index is 0.171. The number of aromatic nitrogens is 4. The second-order valence-corrected chi connectivity index (χ2v) is 7.00. The Morgan fingerprint density at radius 2 is 1.95 bits per heavy atom. The average molecular weight is 356 g/mol. The zero-order valence-electron chi connectivity index (χ0n) is 11.3. The van der Waals surface area contributed by atoms with E-state index in [1.165, 1.54) is 17.8 Å². The van der Waals surface area contributed by atoms with Crippen LogP contribution in [-0.4, -0.2) is 19.9 Å². The normalized spacial score (nSPS) is 11.6. The highest BCUT2D eigenvalue weighted by molar-refractivity contribution is 9.10. The summed E-state index contributed by atoms with van der Waals surface area (Å²) in [5, 5.41) is 1.09. The molecule has 2 aromatic rings. The first-order valence-electron chi connectivity index (χ1n) is 5.84. The number of nitrogen functional groups attached to an aromatic ring is 1. The number of halogens is 1. The molecule has 0 saturated carbocycles. The standard InChI is InChI=1S/C12H14BrN5OS/c1-12(2,3)10-15-6(13)4-9(18-10)20-11-16-7(14)5-8(19)17-11/h4-5H,1-3H3,(H3,14,16,17,19). The molecule has 2 rings (SSSR count). The molecule has 6 nitrogen and oxygen atoms in total. The number of H-pyrrole nitrogens is 1. The van der Waals surface area contributed by atoms with Crippen LogP contribution in [0, 0.1) is 0 Å². The summed E-state index contributed by atoms with van der Waals surface area (Å²) in [6.45, 7) is 6.09. The summed E-state index contributed by atoms with van der Waals surface area (Å²) in [4.78, 5) is 26.9. The lowest BCUT2D eigenvalue weighted by molar-refractivity contribution is 0.536. The highest BCUT2D eigenvalue weighted by Crippen LogP contribution is 2.27. The van der Waals surface area contributed by atoms with Crippen molar-refractivity contribution in [2.24, 2.45) is 0 Å². The van der Waals surface area contributed by atoms with E-state index in [2.05, 4.69) is 35.9 Å². The lowest BCUT2D eigenvalue weighted by atomic mass is 9.96. The minimum atomic E-state index is -0.288. The van der Waals surface area contributed by atoms with Crippen LogP contribution >= 0.6 is 27.7 Å². The van der Waals surface area contributed by atoms with Crippen LogP contribution in [-0.2, 0) is 5.41 Å². The number of nitrogens with two attached hydrogens (primary N) is 1. The average Bonchev–Trinajstić information content (AvgIpc) is 2.25. The van der Waals surface area contributed by atoms with Gasteiger partial charge in [-0.3, -0.25) is 4.79 Å². The molecule has 0 aliphatic heterocycles. The molecule has 0 atom stereocenters. The summed E-state index contributed by atoms with van der Waals surface area (Å²) in [5.41, 5.74) is 5.10. The van der Waals surface area contributed by atoms with Gasteiger partial charge in [0.05, 0.1) is 0 Å². The van der Waals surface area contributed by atoms with Gasteiger partial charge in [0, 0.05) is 17.5 Å². The summed E-state index contributed by atoms with van der Waals surface area (Å²) >= 11 is 4.60. The summed E-state index contributed by atoms with van der Waals surface area (Å²) < 4.78 is 0.686. The third kappa shape index (κ3) is 3.80. The quantitative estimate of drug-likeness (QED) is 0.633. The Labute approximate surface area is 128 Å². The van der Waals surface area contributed by atoms with Crippen molar-refractivity contribution in [3.63, 3.8) is 0 Å². The largest absolute Gasteiger partial charge is 0.383 e. The van der Waals surface area contributed by atoms with Crippen molar-refractivity contribution in [2.75, 3.05) is 5.73 Å². The van der Waals surface area contributed by atoms with Crippen molar-refractivity contribution >= 4 is 33.5 Å². The number of hydrogen-bond donors (Lipinski definition) is 2. The second kappa shape index (κ2) is 5.53. The van der Waals surface area contributed by atoms with E-state index in [9.17, 15) is 4.79 Å². The van der Waals surface area contributed by atoms with Crippen molar-refractivity contribution < 1.29 is 0 Å². The Morgan fingerprint density at radius 1 is 1.25 bits per heavy atom. The van der Waals surface area contributed by atoms with E-state index in [-0.39, 0.29) is 16.8 Å². The highest BCUT2D eigenvalue weighted by Gasteiger charge is 2.19. The van der Waals surface area contributed by atoms with Crippen LogP contribution < -0.4 is 11.3 Å². The highest BCUT2D eigenvalue weighted by atomic mass is 79.9. The number of nitrogens with one attached hydrogen (secondary N) is 1. The summed E-state index contributed by atoms with van der Waals surface area (Å²) in [5.74, 6) is 0.890. The molecule has 2 aromatic heterocycles. The zero-order chi connectivity index (χ0) is 14.9. The molecule has 0 bridgehead atoms. The van der Waals surface area contributed by atoms with E-state index < -0.39 is 0 Å². The number of anilines is 1. The van der Waals surface area contributed by atoms with Gasteiger partial charge in [-0.05, 0) is 27.7 Å². The molecule has 0 unspecified atom stereocenters. The molecule has 0 saturated heterocycles. The van der Waals surface area contributed by atoms with E-state index in [0.29, 0.717) is 20.6 Å². The maximum absolute atomic E-state index is 11.4. The number of nitrogens with zero attached hydrogens (tertiary/aromatic N) is 3. The molecule has 8 heteroatoms. The zero-order valence-corrected chi connectivity index (χ0v) is 13.7. The first-order chi connectivity index (χ1) is 9.24. The predicted octanol–water partition coefficient (Wildman–Crippen LogP) is 2.35. The molecule has 0 aromatic carbocycles. The molecule has 2 heterocycles. The van der Waals surface area contributed by atoms with Crippen LogP contribution in [0.3, 0.4) is 0 Å². The van der Waals surface area contributed by atoms with Gasteiger partial charge in [0.1, 0.15) is 21.3 Å². The third-order valence-electron chi connectivity index (χ3n) is 2.28. The Bertz CT molecular complexity index is 695. The van der Waals surface area contributed by atoms with Gasteiger partial charge in [-0.1, -0.05) is 20.8 Å². The Morgan fingerprint density at radius 3 is 2.55 bits per heavy atom. The maximum Gasteiger partial charge on any atom is 0.253 e. The third-order valence-corrected chi connectivity index (χ3v) is 3.49. The molecule has 0 fully saturated rings. The van der Waals surface area contributed by atoms with E-state index in [1.807, 2.05) is 20.8 Å². The first-order valence-corrected chi connectivity index (χ1v) is 7.45. The van der Waals surface area contributed by atoms with Crippen LogP contribution in [0.4, 0.5) is 5.82 Å². The van der Waals surface area contributed by atoms with Gasteiger partial charge in [0.15, 0.2) is 5.16 Å². The molecule has 0 spiro atoms. The predicted molar refractivity (Wildman–Crippen MR) is 81.8 cm³/mol. The van der Waals surface area contributed by atoms with Crippen molar-refractivity contribution in [3.05, 3.63) is 32.9 Å². The smallest absolute Gasteiger partial charge is 0.253 e. The lowest BCUT2D eigenvalue weighted by Crippen LogP contribution is -2.16. The monoisotopic (exact) mass is 355 g/mol. The van der Waals surface area contributed by atoms with Gasteiger partial charge in [0.2, 0.25) is 0 Å². The fourth-order valence-electron chi connectivity index (χ4n) is 1.39. The van der Waals surface area contributed by atoms with E-state index in [1.54, 1.807) is 6.07 Å². The topological polar surface area (TPSA) is 97.5 Å². The van der Waals surface area contributed by atoms with Crippen LogP contribution in [0.1, 0.15) is 26.6 Å². The Hall–Kier alpha value is -1.41. The first kappa shape index (κ1) is 15.0. The molecule has 0 aliphatic carbocycles. The Balaban J connectivity index is 2.38. The second-order valence-electron chi connectivity index (χ2n) is 5.18. The summed E-state index contributed by atoms with van der Waals surface area (Å²) in [6.07, 6.45) is 0. The minimum Gasteiger partial charge on any atom is -0.383 e. The molecule has 106 valence electrons. The molecular weight excluding hydrogens is 342 g/mol. The van der Waals surface area contributed by atoms with Gasteiger partial charge in [-0.25, -0.2) is 15.0 Å². The molecule has 20 heavy (non-hydrogen) atoms. The van der Waals surface area contributed by atoms with Gasteiger partial charge < -0.3 is 10.7 Å². The molecule has 0 radical (unpaired) electrons. The van der Waals surface area contributed by atoms with Gasteiger partial charge >= 0.3 is 0 Å². The van der Waals surface area contributed by atoms with Crippen LogP contribution in [0.15, 0.2) is 31.7 Å². The van der Waals surface area contributed by atoms with E-state index in [0.717, 1.165) is 0 Å². The molecular formula is C12H14BrN5OS. The number of rotatable bonds is 2. The van der Waals surface area contributed by atoms with E-state index >= 15 is 0 Å². The van der Waals surface area contributed by atoms with Gasteiger partial charge in [-0.15, -0.1) is 0 Å². The van der Waals surface area contributed by atoms with Crippen LogP contribution in [0.5, 0.6) is 0 Å². The van der Waals surface area contributed by atoms with Gasteiger partial charge in [-0.2, -0.15) is 0 Å². The van der Waals surface area contributed by atoms with Crippen molar-refractivity contribution in [2.45, 2.75) is 36.4 Å². The molecule has 0 amide bonds. The van der Waals surface area contributed by atoms with Crippen molar-refractivity contribution in [1.29, 1.82) is 0 Å². The Kier molecular flexibility index (Phi) is 4.14. The number of hydrogen-bond acceptors (Lipinski definition) is 6. The summed E-state index contributed by atoms with van der Waals surface area (Å²) in [6, 6.07) is 3.00. The van der Waals surface area contributed by atoms with Crippen LogP contribution in [0.25, 0.3) is 0 Å². The molecule has 0 aliphatic rings. The van der Waals surface area contributed by atoms with Crippen molar-refractivity contribution in [3.8, 4) is 0 Å². The maximum atomic E-state index is 11.4. The lowest BCUT2D eigenvalue weighted by Gasteiger charge is -2.17. The van der Waals surface area contributed by atoms with Crippen LogP contribution in [0.2, 0.25) is 0 Å². The fourth-order valence-corrected chi connectivity index (χ4v) is 2.73. The number of aromatic amines is 1. The van der Waals surface area contributed by atoms with E-state index in [4.69, 9.17) is 5.73 Å². The van der Waals surface area contributed by atoms with Gasteiger partial charge in [0.25, 0.3) is 5.56 Å². The summed E-state index contributed by atoms with van der Waals surface area (Å²) in [7, 11) is 0. The molecule has 3 N–H and O–H groups in total. The SMILES string of the molecule is CC(C)(C)c1nc(Br)cc(Sc2nc(N)cc(=O)[nH]2)n1. The van der Waals surface area contributed by atoms with Crippen molar-refractivity contribution in [1.82, 2.24) is 19.9 Å². The fraction of sp³-hybridized carbons (Fsp3) is 0.333.